The number of hydrogen-bond donors (Lipinski definition) is 1. The van der Waals surface area contributed by atoms with Crippen LogP contribution in [0.25, 0.3) is 0 Å². The van der Waals surface area contributed by atoms with Gasteiger partial charge in [-0.15, -0.1) is 0 Å². The molecule has 0 spiro atoms. The van der Waals surface area contributed by atoms with Crippen molar-refractivity contribution in [2.75, 3.05) is 7.05 Å². The van der Waals surface area contributed by atoms with Gasteiger partial charge in [0.2, 0.25) is 0 Å². The molecule has 3 atom stereocenters. The molecule has 0 heterocycles. The van der Waals surface area contributed by atoms with Crippen molar-refractivity contribution in [3.8, 4) is 0 Å². The fourth-order valence-electron chi connectivity index (χ4n) is 4.77. The van der Waals surface area contributed by atoms with E-state index in [9.17, 15) is 0 Å². The van der Waals surface area contributed by atoms with Crippen molar-refractivity contribution in [2.24, 2.45) is 11.8 Å². The van der Waals surface area contributed by atoms with Crippen LogP contribution >= 0.6 is 0 Å². The second-order valence-corrected chi connectivity index (χ2v) is 6.91. The summed E-state index contributed by atoms with van der Waals surface area (Å²) < 4.78 is 0. The highest BCUT2D eigenvalue weighted by atomic mass is 14.9. The minimum Gasteiger partial charge on any atom is -0.316 e. The summed E-state index contributed by atoms with van der Waals surface area (Å²) in [5.41, 5.74) is 2.01. The van der Waals surface area contributed by atoms with Crippen LogP contribution in [-0.4, -0.2) is 13.1 Å². The van der Waals surface area contributed by atoms with Gasteiger partial charge in [0.05, 0.1) is 0 Å². The van der Waals surface area contributed by atoms with E-state index in [1.54, 1.807) is 5.56 Å². The Morgan fingerprint density at radius 1 is 1.15 bits per heavy atom. The van der Waals surface area contributed by atoms with Crippen LogP contribution in [0.3, 0.4) is 0 Å². The zero-order valence-electron chi connectivity index (χ0n) is 13.1. The predicted octanol–water partition coefficient (Wildman–Crippen LogP) is 4.52. The Balaban J connectivity index is 1.86. The Bertz CT molecular complexity index is 421. The van der Waals surface area contributed by atoms with Crippen molar-refractivity contribution >= 4 is 0 Å². The maximum absolute atomic E-state index is 3.74. The fraction of sp³-hybridized carbons (Fsp3) is 0.684. The minimum atomic E-state index is 0.436. The average molecular weight is 271 g/mol. The molecule has 0 aliphatic heterocycles. The van der Waals surface area contributed by atoms with Gasteiger partial charge in [-0.1, -0.05) is 62.9 Å². The maximum Gasteiger partial charge on any atom is 0.0192 e. The zero-order valence-corrected chi connectivity index (χ0v) is 13.1. The van der Waals surface area contributed by atoms with Gasteiger partial charge in [0.15, 0.2) is 0 Å². The van der Waals surface area contributed by atoms with Gasteiger partial charge in [-0.05, 0) is 43.7 Å². The summed E-state index contributed by atoms with van der Waals surface area (Å²) >= 11 is 0. The monoisotopic (exact) mass is 271 g/mol. The molecule has 2 fully saturated rings. The van der Waals surface area contributed by atoms with E-state index in [0.717, 1.165) is 11.8 Å². The maximum atomic E-state index is 3.74. The molecule has 1 aromatic rings. The van der Waals surface area contributed by atoms with Crippen LogP contribution < -0.4 is 5.32 Å². The molecule has 1 aromatic carbocycles. The predicted molar refractivity (Wildman–Crippen MR) is 85.9 cm³/mol. The molecular formula is C19H29N. The Morgan fingerprint density at radius 2 is 1.85 bits per heavy atom. The van der Waals surface area contributed by atoms with Gasteiger partial charge in [-0.2, -0.15) is 0 Å². The van der Waals surface area contributed by atoms with Crippen molar-refractivity contribution in [2.45, 2.75) is 63.3 Å². The molecule has 1 heteroatoms. The van der Waals surface area contributed by atoms with E-state index in [1.165, 1.54) is 44.9 Å². The van der Waals surface area contributed by atoms with Gasteiger partial charge in [0.1, 0.15) is 0 Å². The third-order valence-electron chi connectivity index (χ3n) is 5.96. The highest BCUT2D eigenvalue weighted by Crippen LogP contribution is 2.55. The zero-order chi connectivity index (χ0) is 14.0. The van der Waals surface area contributed by atoms with E-state index < -0.39 is 0 Å². The van der Waals surface area contributed by atoms with E-state index >= 15 is 0 Å². The molecule has 0 bridgehead atoms. The standard InChI is InChI=1S/C19H29N/c1-3-15-9-7-8-12-17(15)18(20-2)19(13-14-19)16-10-5-4-6-11-16/h4-6,10-11,15,17-18,20H,3,7-9,12-14H2,1-2H3. The second kappa shape index (κ2) is 5.89. The summed E-state index contributed by atoms with van der Waals surface area (Å²) in [6, 6.07) is 11.9. The van der Waals surface area contributed by atoms with Crippen molar-refractivity contribution in [1.82, 2.24) is 5.32 Å². The molecule has 0 radical (unpaired) electrons. The van der Waals surface area contributed by atoms with E-state index in [4.69, 9.17) is 0 Å². The lowest BCUT2D eigenvalue weighted by Gasteiger charge is -2.41. The molecule has 2 aliphatic carbocycles. The summed E-state index contributed by atoms with van der Waals surface area (Å²) in [7, 11) is 2.19. The number of hydrogen-bond acceptors (Lipinski definition) is 1. The molecule has 20 heavy (non-hydrogen) atoms. The van der Waals surface area contributed by atoms with Crippen LogP contribution in [0.1, 0.15) is 57.4 Å². The lowest BCUT2D eigenvalue weighted by atomic mass is 9.68. The molecule has 0 saturated heterocycles. The Hall–Kier alpha value is -0.820. The van der Waals surface area contributed by atoms with Crippen LogP contribution in [0.15, 0.2) is 30.3 Å². The number of likely N-dealkylation sites (N-methyl/N-ethyl adjacent to an activating group) is 1. The quantitative estimate of drug-likeness (QED) is 0.830. The lowest BCUT2D eigenvalue weighted by Crippen LogP contribution is -2.47. The first-order valence-electron chi connectivity index (χ1n) is 8.54. The summed E-state index contributed by atoms with van der Waals surface area (Å²) in [6.07, 6.45) is 9.86. The molecule has 110 valence electrons. The van der Waals surface area contributed by atoms with Crippen molar-refractivity contribution < 1.29 is 0 Å². The van der Waals surface area contributed by atoms with Crippen LogP contribution in [0.4, 0.5) is 0 Å². The second-order valence-electron chi connectivity index (χ2n) is 6.91. The molecule has 1 nitrogen and oxygen atoms in total. The first-order chi connectivity index (χ1) is 9.81. The van der Waals surface area contributed by atoms with Crippen molar-refractivity contribution in [1.29, 1.82) is 0 Å². The molecular weight excluding hydrogens is 242 g/mol. The topological polar surface area (TPSA) is 12.0 Å². The van der Waals surface area contributed by atoms with Crippen LogP contribution in [0.5, 0.6) is 0 Å². The smallest absolute Gasteiger partial charge is 0.0192 e. The lowest BCUT2D eigenvalue weighted by molar-refractivity contribution is 0.156. The molecule has 0 amide bonds. The van der Waals surface area contributed by atoms with E-state index in [1.807, 2.05) is 0 Å². The average Bonchev–Trinajstić information content (AvgIpc) is 3.31. The van der Waals surface area contributed by atoms with Gasteiger partial charge in [-0.25, -0.2) is 0 Å². The molecule has 1 N–H and O–H groups in total. The van der Waals surface area contributed by atoms with E-state index in [2.05, 4.69) is 49.6 Å². The summed E-state index contributed by atoms with van der Waals surface area (Å²) in [5.74, 6) is 1.81. The number of rotatable bonds is 5. The SMILES string of the molecule is CCC1CCCCC1C(NC)C1(c2ccccc2)CC1. The highest BCUT2D eigenvalue weighted by molar-refractivity contribution is 5.34. The fourth-order valence-corrected chi connectivity index (χ4v) is 4.77. The Labute approximate surface area is 124 Å². The molecule has 2 aliphatic rings. The van der Waals surface area contributed by atoms with E-state index in [-0.39, 0.29) is 0 Å². The summed E-state index contributed by atoms with van der Waals surface area (Å²) in [6.45, 7) is 2.39. The van der Waals surface area contributed by atoms with Gasteiger partial charge < -0.3 is 5.32 Å². The van der Waals surface area contributed by atoms with Crippen LogP contribution in [-0.2, 0) is 5.41 Å². The van der Waals surface area contributed by atoms with Gasteiger partial charge in [-0.3, -0.25) is 0 Å². The highest BCUT2D eigenvalue weighted by Gasteiger charge is 2.53. The third-order valence-corrected chi connectivity index (χ3v) is 5.96. The summed E-state index contributed by atoms with van der Waals surface area (Å²) in [5, 5.41) is 3.74. The molecule has 2 saturated carbocycles. The minimum absolute atomic E-state index is 0.436. The number of nitrogens with one attached hydrogen (secondary N) is 1. The summed E-state index contributed by atoms with van der Waals surface area (Å²) in [4.78, 5) is 0. The first-order valence-corrected chi connectivity index (χ1v) is 8.54. The van der Waals surface area contributed by atoms with Crippen molar-refractivity contribution in [3.63, 3.8) is 0 Å². The Kier molecular flexibility index (Phi) is 4.16. The van der Waals surface area contributed by atoms with E-state index in [0.29, 0.717) is 11.5 Å². The Morgan fingerprint density at radius 3 is 2.45 bits per heavy atom. The number of benzene rings is 1. The molecule has 3 unspecified atom stereocenters. The van der Waals surface area contributed by atoms with Gasteiger partial charge >= 0.3 is 0 Å². The van der Waals surface area contributed by atoms with Gasteiger partial charge in [0.25, 0.3) is 0 Å². The van der Waals surface area contributed by atoms with Gasteiger partial charge in [0, 0.05) is 11.5 Å². The molecule has 0 aromatic heterocycles. The first kappa shape index (κ1) is 14.1. The van der Waals surface area contributed by atoms with Crippen LogP contribution in [0, 0.1) is 11.8 Å². The molecule has 3 rings (SSSR count). The van der Waals surface area contributed by atoms with Crippen LogP contribution in [0.2, 0.25) is 0 Å². The largest absolute Gasteiger partial charge is 0.316 e. The third kappa shape index (κ3) is 2.41. The van der Waals surface area contributed by atoms with Crippen molar-refractivity contribution in [3.05, 3.63) is 35.9 Å². The normalized spacial score (nSPS) is 29.9.